The molecule has 1 aliphatic rings. The van der Waals surface area contributed by atoms with E-state index >= 15 is 0 Å². The van der Waals surface area contributed by atoms with Gasteiger partial charge in [0.1, 0.15) is 6.33 Å². The molecular weight excluding hydrogens is 356 g/mol. The van der Waals surface area contributed by atoms with E-state index in [4.69, 9.17) is 4.52 Å². The number of aromatic nitrogens is 6. The van der Waals surface area contributed by atoms with Crippen LogP contribution in [-0.2, 0) is 12.8 Å². The SMILES string of the molecule is Cc1nc2ncnn2c(C)c1CCc1nc(C2CNCCN2C)no1.Cl. The van der Waals surface area contributed by atoms with Crippen molar-refractivity contribution in [2.75, 3.05) is 26.7 Å². The largest absolute Gasteiger partial charge is 0.339 e. The summed E-state index contributed by atoms with van der Waals surface area (Å²) < 4.78 is 7.24. The third kappa shape index (κ3) is 3.42. The standard InChI is InChI=1S/C16H22N8O.ClH/c1-10-12(11(2)24-16(20-10)18-9-19-24)4-5-14-21-15(22-25-14)13-8-17-6-7-23(13)3;/h9,13,17H,4-8H2,1-3H3;1H. The van der Waals surface area contributed by atoms with Gasteiger partial charge < -0.3 is 9.84 Å². The first-order valence-corrected chi connectivity index (χ1v) is 8.52. The van der Waals surface area contributed by atoms with Crippen molar-refractivity contribution in [3.63, 3.8) is 0 Å². The fourth-order valence-electron chi connectivity index (χ4n) is 3.35. The molecule has 1 aliphatic heterocycles. The van der Waals surface area contributed by atoms with Gasteiger partial charge in [0, 0.05) is 37.4 Å². The van der Waals surface area contributed by atoms with Crippen LogP contribution in [0.25, 0.3) is 5.78 Å². The van der Waals surface area contributed by atoms with Crippen molar-refractivity contribution in [2.45, 2.75) is 32.7 Å². The van der Waals surface area contributed by atoms with E-state index in [9.17, 15) is 0 Å². The molecule has 1 fully saturated rings. The molecule has 1 atom stereocenters. The van der Waals surface area contributed by atoms with Gasteiger partial charge >= 0.3 is 0 Å². The number of rotatable bonds is 4. The summed E-state index contributed by atoms with van der Waals surface area (Å²) in [7, 11) is 2.09. The van der Waals surface area contributed by atoms with Gasteiger partial charge in [0.05, 0.1) is 6.04 Å². The Balaban J connectivity index is 0.00000196. The molecule has 3 aromatic rings. The average Bonchev–Trinajstić information content (AvgIpc) is 3.24. The van der Waals surface area contributed by atoms with Crippen LogP contribution in [0.3, 0.4) is 0 Å². The number of hydrogen-bond donors (Lipinski definition) is 1. The van der Waals surface area contributed by atoms with E-state index in [1.807, 2.05) is 13.8 Å². The van der Waals surface area contributed by atoms with Crippen molar-refractivity contribution >= 4 is 18.2 Å². The van der Waals surface area contributed by atoms with E-state index in [-0.39, 0.29) is 18.4 Å². The molecular formula is C16H23ClN8O. The highest BCUT2D eigenvalue weighted by atomic mass is 35.5. The molecule has 1 unspecified atom stereocenters. The highest BCUT2D eigenvalue weighted by Gasteiger charge is 2.25. The topological polar surface area (TPSA) is 97.3 Å². The Morgan fingerprint density at radius 1 is 1.27 bits per heavy atom. The van der Waals surface area contributed by atoms with Crippen molar-refractivity contribution in [2.24, 2.45) is 0 Å². The Morgan fingerprint density at radius 3 is 2.92 bits per heavy atom. The lowest BCUT2D eigenvalue weighted by molar-refractivity contribution is 0.190. The highest BCUT2D eigenvalue weighted by Crippen LogP contribution is 2.19. The Bertz CT molecular complexity index is 892. The maximum absolute atomic E-state index is 5.47. The molecule has 0 spiro atoms. The second kappa shape index (κ2) is 7.65. The zero-order valence-electron chi connectivity index (χ0n) is 15.1. The molecule has 4 heterocycles. The van der Waals surface area contributed by atoms with E-state index in [0.29, 0.717) is 18.1 Å². The molecule has 1 saturated heterocycles. The predicted molar refractivity (Wildman–Crippen MR) is 97.5 cm³/mol. The molecule has 1 N–H and O–H groups in total. The summed E-state index contributed by atoms with van der Waals surface area (Å²) in [6.45, 7) is 6.86. The van der Waals surface area contributed by atoms with E-state index < -0.39 is 0 Å². The molecule has 26 heavy (non-hydrogen) atoms. The first-order valence-electron chi connectivity index (χ1n) is 8.52. The number of halogens is 1. The summed E-state index contributed by atoms with van der Waals surface area (Å²) in [5, 5.41) is 11.8. The first-order chi connectivity index (χ1) is 12.1. The van der Waals surface area contributed by atoms with Crippen LogP contribution in [0.15, 0.2) is 10.9 Å². The smallest absolute Gasteiger partial charge is 0.252 e. The van der Waals surface area contributed by atoms with Crippen LogP contribution in [0.4, 0.5) is 0 Å². The van der Waals surface area contributed by atoms with Crippen LogP contribution in [0, 0.1) is 13.8 Å². The maximum atomic E-state index is 5.47. The fraction of sp³-hybridized carbons (Fsp3) is 0.562. The molecule has 0 bridgehead atoms. The van der Waals surface area contributed by atoms with Crippen LogP contribution >= 0.6 is 12.4 Å². The Hall–Kier alpha value is -2.10. The van der Waals surface area contributed by atoms with Crippen LogP contribution in [0.1, 0.15) is 34.7 Å². The minimum atomic E-state index is 0. The van der Waals surface area contributed by atoms with Crippen molar-refractivity contribution in [1.29, 1.82) is 0 Å². The lowest BCUT2D eigenvalue weighted by Crippen LogP contribution is -2.44. The van der Waals surface area contributed by atoms with Gasteiger partial charge in [-0.15, -0.1) is 12.4 Å². The van der Waals surface area contributed by atoms with Crippen LogP contribution in [0.2, 0.25) is 0 Å². The van der Waals surface area contributed by atoms with Gasteiger partial charge in [-0.25, -0.2) is 9.50 Å². The van der Waals surface area contributed by atoms with Gasteiger partial charge in [0.15, 0.2) is 5.82 Å². The van der Waals surface area contributed by atoms with Gasteiger partial charge in [0.2, 0.25) is 5.89 Å². The molecule has 4 rings (SSSR count). The molecule has 0 aliphatic carbocycles. The second-order valence-electron chi connectivity index (χ2n) is 6.48. The quantitative estimate of drug-likeness (QED) is 0.715. The first kappa shape index (κ1) is 18.7. The zero-order valence-corrected chi connectivity index (χ0v) is 16.0. The van der Waals surface area contributed by atoms with Gasteiger partial charge in [0.25, 0.3) is 5.78 Å². The van der Waals surface area contributed by atoms with Crippen LogP contribution < -0.4 is 5.32 Å². The zero-order chi connectivity index (χ0) is 17.4. The Kier molecular flexibility index (Phi) is 5.49. The minimum absolute atomic E-state index is 0. The summed E-state index contributed by atoms with van der Waals surface area (Å²) in [6, 6.07) is 0.169. The van der Waals surface area contributed by atoms with Crippen molar-refractivity contribution < 1.29 is 4.52 Å². The number of hydrogen-bond acceptors (Lipinski definition) is 8. The molecule has 0 saturated carbocycles. The second-order valence-corrected chi connectivity index (χ2v) is 6.48. The van der Waals surface area contributed by atoms with Gasteiger partial charge in [-0.05, 0) is 32.9 Å². The maximum Gasteiger partial charge on any atom is 0.252 e. The molecule has 3 aromatic heterocycles. The van der Waals surface area contributed by atoms with Gasteiger partial charge in [-0.3, -0.25) is 4.90 Å². The monoisotopic (exact) mass is 378 g/mol. The van der Waals surface area contributed by atoms with Crippen molar-refractivity contribution in [3.8, 4) is 0 Å². The van der Waals surface area contributed by atoms with Crippen molar-refractivity contribution in [3.05, 3.63) is 35.0 Å². The third-order valence-electron chi connectivity index (χ3n) is 4.87. The summed E-state index contributed by atoms with van der Waals surface area (Å²) in [4.78, 5) is 15.5. The van der Waals surface area contributed by atoms with Crippen LogP contribution in [0.5, 0.6) is 0 Å². The molecule has 0 radical (unpaired) electrons. The number of likely N-dealkylation sites (N-methyl/N-ethyl adjacent to an activating group) is 1. The summed E-state index contributed by atoms with van der Waals surface area (Å²) in [5.41, 5.74) is 3.17. The van der Waals surface area contributed by atoms with E-state index in [0.717, 1.165) is 48.8 Å². The molecule has 9 nitrogen and oxygen atoms in total. The molecule has 0 aromatic carbocycles. The Labute approximate surface area is 157 Å². The fourth-order valence-corrected chi connectivity index (χ4v) is 3.35. The normalized spacial score (nSPS) is 18.2. The number of nitrogens with zero attached hydrogens (tertiary/aromatic N) is 7. The van der Waals surface area contributed by atoms with Gasteiger partial charge in [-0.2, -0.15) is 15.1 Å². The molecule has 10 heteroatoms. The number of nitrogens with one attached hydrogen (secondary N) is 1. The van der Waals surface area contributed by atoms with E-state index in [2.05, 4.69) is 42.5 Å². The lowest BCUT2D eigenvalue weighted by Gasteiger charge is -2.30. The molecule has 0 amide bonds. The highest BCUT2D eigenvalue weighted by molar-refractivity contribution is 5.85. The number of aryl methyl sites for hydroxylation is 3. The summed E-state index contributed by atoms with van der Waals surface area (Å²) in [6.07, 6.45) is 2.98. The summed E-state index contributed by atoms with van der Waals surface area (Å²) >= 11 is 0. The predicted octanol–water partition coefficient (Wildman–Crippen LogP) is 0.907. The number of piperazine rings is 1. The third-order valence-corrected chi connectivity index (χ3v) is 4.87. The molecule has 140 valence electrons. The van der Waals surface area contributed by atoms with Crippen LogP contribution in [-0.4, -0.2) is 61.3 Å². The van der Waals surface area contributed by atoms with Crippen molar-refractivity contribution in [1.82, 2.24) is 39.9 Å². The lowest BCUT2D eigenvalue weighted by atomic mass is 10.1. The van der Waals surface area contributed by atoms with Gasteiger partial charge in [-0.1, -0.05) is 5.16 Å². The minimum Gasteiger partial charge on any atom is -0.339 e. The number of fused-ring (bicyclic) bond motifs is 1. The summed E-state index contributed by atoms with van der Waals surface area (Å²) in [5.74, 6) is 2.04. The van der Waals surface area contributed by atoms with E-state index in [1.165, 1.54) is 6.33 Å². The van der Waals surface area contributed by atoms with E-state index in [1.54, 1.807) is 4.52 Å². The Morgan fingerprint density at radius 2 is 2.12 bits per heavy atom. The average molecular weight is 379 g/mol.